The summed E-state index contributed by atoms with van der Waals surface area (Å²) in [6.07, 6.45) is 1.76. The lowest BCUT2D eigenvalue weighted by Gasteiger charge is -2.07. The fourth-order valence-electron chi connectivity index (χ4n) is 2.43. The van der Waals surface area contributed by atoms with Crippen LogP contribution in [0, 0.1) is 6.92 Å². The number of hydrogen-bond acceptors (Lipinski definition) is 3. The van der Waals surface area contributed by atoms with Crippen molar-refractivity contribution in [1.82, 2.24) is 4.57 Å². The maximum absolute atomic E-state index is 6.35. The van der Waals surface area contributed by atoms with Crippen molar-refractivity contribution in [3.05, 3.63) is 73.8 Å². The summed E-state index contributed by atoms with van der Waals surface area (Å²) in [6.45, 7) is 4.91. The molecule has 1 aromatic heterocycles. The average Bonchev–Trinajstić information content (AvgIpc) is 2.99. The van der Waals surface area contributed by atoms with Crippen LogP contribution >= 0.6 is 34.5 Å². The summed E-state index contributed by atoms with van der Waals surface area (Å²) in [7, 11) is 0. The van der Waals surface area contributed by atoms with Gasteiger partial charge in [-0.2, -0.15) is 5.10 Å². The zero-order chi connectivity index (χ0) is 17.8. The Kier molecular flexibility index (Phi) is 5.74. The van der Waals surface area contributed by atoms with Gasteiger partial charge in [0, 0.05) is 22.5 Å². The van der Waals surface area contributed by atoms with Gasteiger partial charge in [0.1, 0.15) is 0 Å². The molecular weight excluding hydrogens is 373 g/mol. The molecule has 3 rings (SSSR count). The summed E-state index contributed by atoms with van der Waals surface area (Å²) in [6, 6.07) is 13.7. The number of aryl methyl sites for hydroxylation is 1. The van der Waals surface area contributed by atoms with Crippen LogP contribution in [0.1, 0.15) is 18.1 Å². The van der Waals surface area contributed by atoms with Gasteiger partial charge in [0.25, 0.3) is 0 Å². The number of thiazole rings is 1. The second kappa shape index (κ2) is 8.00. The standard InChI is InChI=1S/C19H17Cl2N3S/c1-3-24-18(16-9-8-15(20)10-17(16)21)12-25-19(24)23-22-11-14-6-4-13(2)5-7-14/h4-12H,3H2,1-2H3/b22-11-,23-19-. The molecule has 3 aromatic rings. The van der Waals surface area contributed by atoms with Crippen molar-refractivity contribution in [1.29, 1.82) is 0 Å². The lowest BCUT2D eigenvalue weighted by molar-refractivity contribution is 0.737. The molecule has 0 unspecified atom stereocenters. The largest absolute Gasteiger partial charge is 0.315 e. The van der Waals surface area contributed by atoms with Crippen molar-refractivity contribution < 1.29 is 0 Å². The molecule has 0 spiro atoms. The molecule has 1 heterocycles. The van der Waals surface area contributed by atoms with Crippen molar-refractivity contribution in [2.24, 2.45) is 10.2 Å². The van der Waals surface area contributed by atoms with E-state index in [2.05, 4.69) is 40.8 Å². The van der Waals surface area contributed by atoms with Gasteiger partial charge in [-0.05, 0) is 37.6 Å². The third-order valence-electron chi connectivity index (χ3n) is 3.75. The SMILES string of the molecule is CCn1c(-c2ccc(Cl)cc2Cl)cs/c1=N\N=C/c1ccc(C)cc1. The van der Waals surface area contributed by atoms with Crippen LogP contribution in [0.15, 0.2) is 58.0 Å². The molecule has 0 saturated heterocycles. The van der Waals surface area contributed by atoms with Gasteiger partial charge in [0.05, 0.1) is 16.9 Å². The topological polar surface area (TPSA) is 29.6 Å². The van der Waals surface area contributed by atoms with Crippen molar-refractivity contribution in [2.75, 3.05) is 0 Å². The predicted molar refractivity (Wildman–Crippen MR) is 108 cm³/mol. The van der Waals surface area contributed by atoms with Crippen LogP contribution in [-0.4, -0.2) is 10.8 Å². The van der Waals surface area contributed by atoms with Crippen molar-refractivity contribution in [2.45, 2.75) is 20.4 Å². The zero-order valence-electron chi connectivity index (χ0n) is 13.9. The van der Waals surface area contributed by atoms with E-state index in [4.69, 9.17) is 23.2 Å². The van der Waals surface area contributed by atoms with Gasteiger partial charge in [0.2, 0.25) is 4.80 Å². The summed E-state index contributed by atoms with van der Waals surface area (Å²) < 4.78 is 2.09. The Labute approximate surface area is 160 Å². The lowest BCUT2D eigenvalue weighted by atomic mass is 10.2. The van der Waals surface area contributed by atoms with E-state index < -0.39 is 0 Å². The van der Waals surface area contributed by atoms with Crippen LogP contribution in [-0.2, 0) is 6.54 Å². The first-order chi connectivity index (χ1) is 12.1. The monoisotopic (exact) mass is 389 g/mol. The Bertz CT molecular complexity index is 969. The maximum atomic E-state index is 6.35. The van der Waals surface area contributed by atoms with Crippen molar-refractivity contribution in [3.63, 3.8) is 0 Å². The normalized spacial score (nSPS) is 12.2. The fourth-order valence-corrected chi connectivity index (χ4v) is 3.85. The molecule has 3 nitrogen and oxygen atoms in total. The Balaban J connectivity index is 1.95. The number of nitrogens with zero attached hydrogens (tertiary/aromatic N) is 3. The Morgan fingerprint density at radius 1 is 1.12 bits per heavy atom. The van der Waals surface area contributed by atoms with Crippen molar-refractivity contribution >= 4 is 40.8 Å². The highest BCUT2D eigenvalue weighted by Gasteiger charge is 2.10. The molecule has 25 heavy (non-hydrogen) atoms. The summed E-state index contributed by atoms with van der Waals surface area (Å²) in [5, 5.41) is 11.9. The molecule has 6 heteroatoms. The molecule has 0 bridgehead atoms. The molecule has 0 saturated carbocycles. The zero-order valence-corrected chi connectivity index (χ0v) is 16.2. The van der Waals surface area contributed by atoms with E-state index >= 15 is 0 Å². The molecule has 0 aliphatic carbocycles. The van der Waals surface area contributed by atoms with Crippen LogP contribution in [0.5, 0.6) is 0 Å². The minimum atomic E-state index is 0.625. The van der Waals surface area contributed by atoms with Gasteiger partial charge in [-0.1, -0.05) is 53.0 Å². The van der Waals surface area contributed by atoms with Crippen LogP contribution in [0.4, 0.5) is 0 Å². The molecule has 0 aliphatic heterocycles. The quantitative estimate of drug-likeness (QED) is 0.399. The minimum Gasteiger partial charge on any atom is -0.315 e. The summed E-state index contributed by atoms with van der Waals surface area (Å²) >= 11 is 13.9. The Morgan fingerprint density at radius 2 is 1.88 bits per heavy atom. The molecule has 0 atom stereocenters. The highest BCUT2D eigenvalue weighted by atomic mass is 35.5. The van der Waals surface area contributed by atoms with E-state index in [0.717, 1.165) is 28.2 Å². The average molecular weight is 390 g/mol. The molecule has 0 fully saturated rings. The molecule has 128 valence electrons. The number of aromatic nitrogens is 1. The molecule has 0 radical (unpaired) electrons. The first-order valence-corrected chi connectivity index (χ1v) is 9.49. The molecule has 0 N–H and O–H groups in total. The molecule has 0 amide bonds. The highest BCUT2D eigenvalue weighted by molar-refractivity contribution is 7.07. The summed E-state index contributed by atoms with van der Waals surface area (Å²) in [5.41, 5.74) is 4.20. The van der Waals surface area contributed by atoms with Crippen LogP contribution < -0.4 is 4.80 Å². The summed E-state index contributed by atoms with van der Waals surface area (Å²) in [5.74, 6) is 0. The van der Waals surface area contributed by atoms with Gasteiger partial charge >= 0.3 is 0 Å². The van der Waals surface area contributed by atoms with Gasteiger partial charge < -0.3 is 4.57 Å². The van der Waals surface area contributed by atoms with Crippen LogP contribution in [0.25, 0.3) is 11.3 Å². The van der Waals surface area contributed by atoms with Crippen LogP contribution in [0.3, 0.4) is 0 Å². The van der Waals surface area contributed by atoms with Gasteiger partial charge in [-0.3, -0.25) is 0 Å². The highest BCUT2D eigenvalue weighted by Crippen LogP contribution is 2.30. The first kappa shape index (κ1) is 17.9. The Morgan fingerprint density at radius 3 is 2.56 bits per heavy atom. The first-order valence-electron chi connectivity index (χ1n) is 7.86. The minimum absolute atomic E-state index is 0.625. The third-order valence-corrected chi connectivity index (χ3v) is 5.15. The van der Waals surface area contributed by atoms with Crippen LogP contribution in [0.2, 0.25) is 10.0 Å². The lowest BCUT2D eigenvalue weighted by Crippen LogP contribution is -2.14. The smallest absolute Gasteiger partial charge is 0.211 e. The summed E-state index contributed by atoms with van der Waals surface area (Å²) in [4.78, 5) is 0.826. The maximum Gasteiger partial charge on any atom is 0.211 e. The predicted octanol–water partition coefficient (Wildman–Crippen LogP) is 5.79. The molecular formula is C19H17Cl2N3S. The Hall–Kier alpha value is -1.88. The number of benzene rings is 2. The second-order valence-electron chi connectivity index (χ2n) is 5.53. The van der Waals surface area contributed by atoms with E-state index in [0.29, 0.717) is 10.0 Å². The number of hydrogen-bond donors (Lipinski definition) is 0. The number of halogens is 2. The molecule has 0 aliphatic rings. The van der Waals surface area contributed by atoms with E-state index in [-0.39, 0.29) is 0 Å². The number of rotatable bonds is 4. The van der Waals surface area contributed by atoms with Gasteiger partial charge in [-0.25, -0.2) is 0 Å². The van der Waals surface area contributed by atoms with Crippen molar-refractivity contribution in [3.8, 4) is 11.3 Å². The molecule has 2 aromatic carbocycles. The fraction of sp³-hybridized carbons (Fsp3) is 0.158. The van der Waals surface area contributed by atoms with E-state index in [9.17, 15) is 0 Å². The van der Waals surface area contributed by atoms with E-state index in [1.54, 1.807) is 12.3 Å². The van der Waals surface area contributed by atoms with Gasteiger partial charge in [0.15, 0.2) is 0 Å². The second-order valence-corrected chi connectivity index (χ2v) is 7.21. The van der Waals surface area contributed by atoms with E-state index in [1.807, 2.05) is 29.6 Å². The van der Waals surface area contributed by atoms with E-state index in [1.165, 1.54) is 16.9 Å². The van der Waals surface area contributed by atoms with Gasteiger partial charge in [-0.15, -0.1) is 16.4 Å². The third kappa shape index (κ3) is 4.21.